The number of hydrogen-bond donors (Lipinski definition) is 2. The average molecular weight is 494 g/mol. The Balaban J connectivity index is 0.00000304. The van der Waals surface area contributed by atoms with Crippen LogP contribution in [-0.4, -0.2) is 68.8 Å². The SMILES string of the molecule is C.CCOC(=O)Nc1nc2c(-c3ncccc3F)cc(-c3cnc(CN4CCOCC4)nc3)cc2[nH]1. The van der Waals surface area contributed by atoms with E-state index in [9.17, 15) is 9.18 Å². The fourth-order valence-electron chi connectivity index (χ4n) is 3.92. The third-order valence-electron chi connectivity index (χ3n) is 5.60. The normalized spacial score (nSPS) is 13.8. The zero-order chi connectivity index (χ0) is 24.2. The van der Waals surface area contributed by atoms with Crippen LogP contribution in [0.1, 0.15) is 20.2 Å². The molecule has 0 spiro atoms. The number of ether oxygens (including phenoxy) is 2. The van der Waals surface area contributed by atoms with Crippen LogP contribution < -0.4 is 5.32 Å². The number of aromatic nitrogens is 5. The van der Waals surface area contributed by atoms with Crippen molar-refractivity contribution in [2.75, 3.05) is 38.2 Å². The molecule has 1 aliphatic heterocycles. The van der Waals surface area contributed by atoms with Crippen molar-refractivity contribution in [3.8, 4) is 22.4 Å². The molecule has 11 heteroatoms. The molecule has 2 N–H and O–H groups in total. The van der Waals surface area contributed by atoms with Gasteiger partial charge in [-0.05, 0) is 36.8 Å². The first-order chi connectivity index (χ1) is 17.1. The molecule has 1 amide bonds. The molecular formula is C25H28FN7O3. The predicted molar refractivity (Wildman–Crippen MR) is 134 cm³/mol. The van der Waals surface area contributed by atoms with Gasteiger partial charge < -0.3 is 14.5 Å². The zero-order valence-electron chi connectivity index (χ0n) is 19.1. The number of pyridine rings is 1. The highest BCUT2D eigenvalue weighted by molar-refractivity contribution is 5.97. The van der Waals surface area contributed by atoms with Crippen molar-refractivity contribution in [2.45, 2.75) is 20.9 Å². The highest BCUT2D eigenvalue weighted by Crippen LogP contribution is 2.33. The Bertz CT molecular complexity index is 1340. The maximum absolute atomic E-state index is 14.7. The van der Waals surface area contributed by atoms with Gasteiger partial charge in [0.25, 0.3) is 0 Å². The summed E-state index contributed by atoms with van der Waals surface area (Å²) < 4.78 is 25.0. The minimum absolute atomic E-state index is 0. The van der Waals surface area contributed by atoms with Crippen LogP contribution in [0.2, 0.25) is 0 Å². The molecular weight excluding hydrogens is 465 g/mol. The Kier molecular flexibility index (Phi) is 7.81. The number of benzene rings is 1. The molecule has 0 unspecified atom stereocenters. The number of halogens is 1. The smallest absolute Gasteiger partial charge is 0.413 e. The molecule has 0 atom stereocenters. The number of rotatable bonds is 6. The van der Waals surface area contributed by atoms with E-state index in [1.807, 2.05) is 6.07 Å². The Morgan fingerprint density at radius 3 is 2.69 bits per heavy atom. The second-order valence-electron chi connectivity index (χ2n) is 7.96. The number of morpholine rings is 1. The lowest BCUT2D eigenvalue weighted by Gasteiger charge is -2.25. The molecule has 0 aliphatic carbocycles. The molecule has 1 fully saturated rings. The molecule has 4 heterocycles. The number of carbonyl (C=O) groups is 1. The second-order valence-corrected chi connectivity index (χ2v) is 7.96. The third kappa shape index (κ3) is 5.47. The lowest BCUT2D eigenvalue weighted by Crippen LogP contribution is -2.36. The molecule has 188 valence electrons. The fraction of sp³-hybridized carbons (Fsp3) is 0.320. The first kappa shape index (κ1) is 25.1. The molecule has 0 radical (unpaired) electrons. The van der Waals surface area contributed by atoms with Gasteiger partial charge >= 0.3 is 6.09 Å². The summed E-state index contributed by atoms with van der Waals surface area (Å²) in [5.74, 6) is 0.423. The Hall–Kier alpha value is -3.96. The molecule has 36 heavy (non-hydrogen) atoms. The number of aromatic amines is 1. The molecule has 1 saturated heterocycles. The number of anilines is 1. The van der Waals surface area contributed by atoms with Crippen molar-refractivity contribution in [2.24, 2.45) is 0 Å². The van der Waals surface area contributed by atoms with Crippen LogP contribution in [0.15, 0.2) is 42.9 Å². The van der Waals surface area contributed by atoms with Gasteiger partial charge in [0.2, 0.25) is 5.95 Å². The van der Waals surface area contributed by atoms with Crippen LogP contribution in [-0.2, 0) is 16.0 Å². The van der Waals surface area contributed by atoms with E-state index in [1.54, 1.807) is 25.4 Å². The van der Waals surface area contributed by atoms with Crippen molar-refractivity contribution in [3.05, 3.63) is 54.5 Å². The van der Waals surface area contributed by atoms with Crippen LogP contribution in [0, 0.1) is 5.82 Å². The van der Waals surface area contributed by atoms with Gasteiger partial charge in [0.1, 0.15) is 22.9 Å². The molecule has 0 saturated carbocycles. The Morgan fingerprint density at radius 2 is 1.97 bits per heavy atom. The summed E-state index contributed by atoms with van der Waals surface area (Å²) >= 11 is 0. The molecule has 1 aromatic carbocycles. The molecule has 10 nitrogen and oxygen atoms in total. The quantitative estimate of drug-likeness (QED) is 0.409. The first-order valence-electron chi connectivity index (χ1n) is 11.3. The lowest BCUT2D eigenvalue weighted by molar-refractivity contribution is 0.0330. The van der Waals surface area contributed by atoms with Gasteiger partial charge in [-0.15, -0.1) is 0 Å². The van der Waals surface area contributed by atoms with Crippen molar-refractivity contribution in [1.82, 2.24) is 29.8 Å². The number of nitrogens with zero attached hydrogens (tertiary/aromatic N) is 5. The van der Waals surface area contributed by atoms with E-state index in [0.717, 1.165) is 30.0 Å². The molecule has 3 aromatic heterocycles. The fourth-order valence-corrected chi connectivity index (χ4v) is 3.92. The number of carbonyl (C=O) groups excluding carboxylic acids is 1. The highest BCUT2D eigenvalue weighted by Gasteiger charge is 2.18. The monoisotopic (exact) mass is 493 g/mol. The van der Waals surface area contributed by atoms with Crippen LogP contribution in [0.4, 0.5) is 15.1 Å². The van der Waals surface area contributed by atoms with Gasteiger partial charge in [0, 0.05) is 42.8 Å². The highest BCUT2D eigenvalue weighted by atomic mass is 19.1. The molecule has 1 aliphatic rings. The van der Waals surface area contributed by atoms with E-state index in [4.69, 9.17) is 9.47 Å². The summed E-state index contributed by atoms with van der Waals surface area (Å²) in [5.41, 5.74) is 3.18. The van der Waals surface area contributed by atoms with E-state index >= 15 is 0 Å². The number of nitrogens with one attached hydrogen (secondary N) is 2. The van der Waals surface area contributed by atoms with Crippen LogP contribution in [0.25, 0.3) is 33.4 Å². The van der Waals surface area contributed by atoms with Gasteiger partial charge in [0.05, 0.1) is 31.9 Å². The molecule has 4 aromatic rings. The van der Waals surface area contributed by atoms with Gasteiger partial charge in [-0.1, -0.05) is 7.43 Å². The van der Waals surface area contributed by atoms with E-state index in [-0.39, 0.29) is 25.7 Å². The van der Waals surface area contributed by atoms with Crippen molar-refractivity contribution in [3.63, 3.8) is 0 Å². The maximum atomic E-state index is 14.7. The van der Waals surface area contributed by atoms with Gasteiger partial charge in [0.15, 0.2) is 0 Å². The van der Waals surface area contributed by atoms with Gasteiger partial charge in [-0.3, -0.25) is 15.2 Å². The van der Waals surface area contributed by atoms with E-state index in [0.29, 0.717) is 36.4 Å². The van der Waals surface area contributed by atoms with Crippen LogP contribution in [0.3, 0.4) is 0 Å². The largest absolute Gasteiger partial charge is 0.450 e. The summed E-state index contributed by atoms with van der Waals surface area (Å²) in [6.45, 7) is 5.70. The van der Waals surface area contributed by atoms with Crippen molar-refractivity contribution < 1.29 is 18.7 Å². The summed E-state index contributed by atoms with van der Waals surface area (Å²) in [6, 6.07) is 6.51. The number of hydrogen-bond acceptors (Lipinski definition) is 8. The van der Waals surface area contributed by atoms with Crippen LogP contribution >= 0.6 is 0 Å². The Morgan fingerprint density at radius 1 is 1.19 bits per heavy atom. The number of imidazole rings is 1. The van der Waals surface area contributed by atoms with E-state index < -0.39 is 11.9 Å². The predicted octanol–water partition coefficient (Wildman–Crippen LogP) is 4.26. The minimum atomic E-state index is -0.637. The van der Waals surface area contributed by atoms with Gasteiger partial charge in [-0.2, -0.15) is 0 Å². The standard InChI is InChI=1S/C24H24FN7O3.CH4/c1-2-35-24(33)31-23-29-19-11-15(10-17(22(19)30-23)21-18(25)4-3-5-26-21)16-12-27-20(28-13-16)14-32-6-8-34-9-7-32;/h3-5,10-13H,2,6-9,14H2,1H3,(H2,29,30,31,33);1H4. The Labute approximate surface area is 207 Å². The summed E-state index contributed by atoms with van der Waals surface area (Å²) in [7, 11) is 0. The van der Waals surface area contributed by atoms with Crippen LogP contribution in [0.5, 0.6) is 0 Å². The topological polar surface area (TPSA) is 118 Å². The third-order valence-corrected chi connectivity index (χ3v) is 5.60. The number of H-pyrrole nitrogens is 1. The summed E-state index contributed by atoms with van der Waals surface area (Å²) in [6.07, 6.45) is 4.37. The number of fused-ring (bicyclic) bond motifs is 1. The second kappa shape index (κ2) is 11.2. The average Bonchev–Trinajstić information content (AvgIpc) is 3.27. The van der Waals surface area contributed by atoms with Crippen molar-refractivity contribution >= 4 is 23.1 Å². The minimum Gasteiger partial charge on any atom is -0.450 e. The maximum Gasteiger partial charge on any atom is 0.413 e. The summed E-state index contributed by atoms with van der Waals surface area (Å²) in [4.78, 5) is 34.9. The first-order valence-corrected chi connectivity index (χ1v) is 11.3. The zero-order valence-corrected chi connectivity index (χ0v) is 19.1. The lowest BCUT2D eigenvalue weighted by atomic mass is 10.0. The van der Waals surface area contributed by atoms with Crippen molar-refractivity contribution in [1.29, 1.82) is 0 Å². The number of amides is 1. The molecule has 0 bridgehead atoms. The van der Waals surface area contributed by atoms with E-state index in [2.05, 4.69) is 35.1 Å². The summed E-state index contributed by atoms with van der Waals surface area (Å²) in [5, 5.41) is 2.55. The molecule has 5 rings (SSSR count). The van der Waals surface area contributed by atoms with E-state index in [1.165, 1.54) is 18.3 Å². The van der Waals surface area contributed by atoms with Gasteiger partial charge in [-0.25, -0.2) is 24.1 Å².